The summed E-state index contributed by atoms with van der Waals surface area (Å²) in [4.78, 5) is 22.3. The standard InChI is InChI=1S/C24H29ClN4O2/c1-4-29(18-6-9-31-10-7-18)22-13-17(25)12-20-19(22)5-8-26-23(20)27-14-21-15(2)11-16(3)28-24(21)30/h5,8,11-13,18H,4,6-7,9-10,14H2,1-3H3,(H,26,27)(H,28,30). The first kappa shape index (κ1) is 21.7. The molecular weight excluding hydrogens is 412 g/mol. The zero-order valence-corrected chi connectivity index (χ0v) is 19.1. The molecular formula is C24H29ClN4O2. The molecule has 0 atom stereocenters. The summed E-state index contributed by atoms with van der Waals surface area (Å²) in [6.45, 7) is 8.89. The largest absolute Gasteiger partial charge is 0.381 e. The van der Waals surface area contributed by atoms with Crippen LogP contribution in [0.1, 0.15) is 36.6 Å². The van der Waals surface area contributed by atoms with Crippen LogP contribution in [-0.2, 0) is 11.3 Å². The summed E-state index contributed by atoms with van der Waals surface area (Å²) in [5.74, 6) is 0.726. The fourth-order valence-electron chi connectivity index (χ4n) is 4.50. The van der Waals surface area contributed by atoms with Crippen molar-refractivity contribution in [1.29, 1.82) is 0 Å². The monoisotopic (exact) mass is 440 g/mol. The summed E-state index contributed by atoms with van der Waals surface area (Å²) in [7, 11) is 0. The zero-order chi connectivity index (χ0) is 22.0. The quantitative estimate of drug-likeness (QED) is 0.575. The Morgan fingerprint density at radius 2 is 2.00 bits per heavy atom. The van der Waals surface area contributed by atoms with Crippen LogP contribution < -0.4 is 15.8 Å². The Balaban J connectivity index is 1.71. The highest BCUT2D eigenvalue weighted by Gasteiger charge is 2.23. The van der Waals surface area contributed by atoms with Crippen molar-refractivity contribution < 1.29 is 4.74 Å². The summed E-state index contributed by atoms with van der Waals surface area (Å²) in [6, 6.07) is 8.44. The van der Waals surface area contributed by atoms with Gasteiger partial charge in [-0.3, -0.25) is 4.79 Å². The third-order valence-electron chi connectivity index (χ3n) is 6.03. The van der Waals surface area contributed by atoms with E-state index in [9.17, 15) is 4.79 Å². The van der Waals surface area contributed by atoms with Crippen molar-refractivity contribution >= 4 is 33.9 Å². The van der Waals surface area contributed by atoms with E-state index in [1.54, 1.807) is 0 Å². The van der Waals surface area contributed by atoms with Crippen LogP contribution in [0.2, 0.25) is 5.02 Å². The molecule has 7 heteroatoms. The maximum absolute atomic E-state index is 12.4. The van der Waals surface area contributed by atoms with Gasteiger partial charge in [-0.25, -0.2) is 4.98 Å². The molecule has 0 amide bonds. The van der Waals surface area contributed by atoms with Crippen LogP contribution in [0.25, 0.3) is 10.8 Å². The first-order chi connectivity index (χ1) is 15.0. The number of nitrogens with zero attached hydrogens (tertiary/aromatic N) is 2. The van der Waals surface area contributed by atoms with Crippen LogP contribution in [0, 0.1) is 13.8 Å². The topological polar surface area (TPSA) is 70.2 Å². The minimum Gasteiger partial charge on any atom is -0.381 e. The van der Waals surface area contributed by atoms with Crippen molar-refractivity contribution in [2.24, 2.45) is 0 Å². The lowest BCUT2D eigenvalue weighted by molar-refractivity contribution is 0.0847. The predicted molar refractivity (Wildman–Crippen MR) is 127 cm³/mol. The van der Waals surface area contributed by atoms with E-state index in [-0.39, 0.29) is 5.56 Å². The molecule has 1 saturated heterocycles. The molecule has 1 fully saturated rings. The smallest absolute Gasteiger partial charge is 0.253 e. The summed E-state index contributed by atoms with van der Waals surface area (Å²) in [5, 5.41) is 6.10. The van der Waals surface area contributed by atoms with Gasteiger partial charge in [0.25, 0.3) is 5.56 Å². The molecule has 0 bridgehead atoms. The third kappa shape index (κ3) is 4.55. The molecule has 3 heterocycles. The Hall–Kier alpha value is -2.57. The average Bonchev–Trinajstić information content (AvgIpc) is 2.74. The van der Waals surface area contributed by atoms with E-state index in [0.717, 1.165) is 66.1 Å². The van der Waals surface area contributed by atoms with E-state index >= 15 is 0 Å². The number of benzene rings is 1. The zero-order valence-electron chi connectivity index (χ0n) is 18.3. The summed E-state index contributed by atoms with van der Waals surface area (Å²) >= 11 is 6.56. The Kier molecular flexibility index (Phi) is 6.49. The molecule has 1 aliphatic heterocycles. The van der Waals surface area contributed by atoms with Crippen molar-refractivity contribution in [2.45, 2.75) is 46.2 Å². The Labute approximate surface area is 187 Å². The number of H-pyrrole nitrogens is 1. The minimum atomic E-state index is -0.0689. The molecule has 2 N–H and O–H groups in total. The SMILES string of the molecule is CCN(c1cc(Cl)cc2c(NCc3c(C)cc(C)[nH]c3=O)nccc12)C1CCOCC1. The summed E-state index contributed by atoms with van der Waals surface area (Å²) < 4.78 is 5.56. The maximum atomic E-state index is 12.4. The highest BCUT2D eigenvalue weighted by Crippen LogP contribution is 2.36. The molecule has 164 valence electrons. The number of pyridine rings is 2. The molecule has 0 aliphatic carbocycles. The van der Waals surface area contributed by atoms with Gasteiger partial charge in [-0.2, -0.15) is 0 Å². The van der Waals surface area contributed by atoms with E-state index in [4.69, 9.17) is 16.3 Å². The van der Waals surface area contributed by atoms with Gasteiger partial charge in [0.1, 0.15) is 5.82 Å². The molecule has 31 heavy (non-hydrogen) atoms. The molecule has 0 spiro atoms. The number of rotatable bonds is 6. The van der Waals surface area contributed by atoms with Crippen molar-refractivity contribution in [1.82, 2.24) is 9.97 Å². The van der Waals surface area contributed by atoms with Crippen LogP contribution >= 0.6 is 11.6 Å². The van der Waals surface area contributed by atoms with Crippen LogP contribution in [0.5, 0.6) is 0 Å². The van der Waals surface area contributed by atoms with Crippen LogP contribution in [0.3, 0.4) is 0 Å². The number of ether oxygens (including phenoxy) is 1. The molecule has 4 rings (SSSR count). The van der Waals surface area contributed by atoms with E-state index in [2.05, 4.69) is 27.1 Å². The number of hydrogen-bond donors (Lipinski definition) is 2. The average molecular weight is 441 g/mol. The van der Waals surface area contributed by atoms with Gasteiger partial charge in [0.15, 0.2) is 0 Å². The second kappa shape index (κ2) is 9.28. The molecule has 2 aromatic heterocycles. The normalized spacial score (nSPS) is 14.7. The molecule has 0 radical (unpaired) electrons. The van der Waals surface area contributed by atoms with Crippen molar-refractivity contribution in [3.63, 3.8) is 0 Å². The van der Waals surface area contributed by atoms with Gasteiger partial charge in [0.2, 0.25) is 0 Å². The van der Waals surface area contributed by atoms with E-state index in [1.165, 1.54) is 0 Å². The van der Waals surface area contributed by atoms with Gasteiger partial charge in [0.05, 0.1) is 0 Å². The molecule has 1 aromatic carbocycles. The van der Waals surface area contributed by atoms with E-state index < -0.39 is 0 Å². The lowest BCUT2D eigenvalue weighted by Crippen LogP contribution is -2.39. The number of anilines is 2. The predicted octanol–water partition coefficient (Wildman–Crippen LogP) is 4.81. The second-order valence-corrected chi connectivity index (χ2v) is 8.54. The molecule has 0 unspecified atom stereocenters. The number of aromatic amines is 1. The highest BCUT2D eigenvalue weighted by molar-refractivity contribution is 6.32. The van der Waals surface area contributed by atoms with Gasteiger partial charge in [-0.1, -0.05) is 11.6 Å². The lowest BCUT2D eigenvalue weighted by Gasteiger charge is -2.36. The number of fused-ring (bicyclic) bond motifs is 1. The summed E-state index contributed by atoms with van der Waals surface area (Å²) in [5.41, 5.74) is 3.58. The van der Waals surface area contributed by atoms with Crippen molar-refractivity contribution in [3.05, 3.63) is 62.7 Å². The van der Waals surface area contributed by atoms with Gasteiger partial charge in [-0.05, 0) is 63.4 Å². The Morgan fingerprint density at radius 1 is 1.23 bits per heavy atom. The first-order valence-corrected chi connectivity index (χ1v) is 11.2. The second-order valence-electron chi connectivity index (χ2n) is 8.11. The number of halogens is 1. The van der Waals surface area contributed by atoms with Crippen LogP contribution in [0.15, 0.2) is 35.3 Å². The van der Waals surface area contributed by atoms with Gasteiger partial charge in [-0.15, -0.1) is 0 Å². The fourth-order valence-corrected chi connectivity index (χ4v) is 4.72. The summed E-state index contributed by atoms with van der Waals surface area (Å²) in [6.07, 6.45) is 3.83. The van der Waals surface area contributed by atoms with E-state index in [0.29, 0.717) is 23.2 Å². The molecule has 1 aliphatic rings. The number of aromatic nitrogens is 2. The Bertz CT molecular complexity index is 1140. The molecule has 0 saturated carbocycles. The molecule has 6 nitrogen and oxygen atoms in total. The third-order valence-corrected chi connectivity index (χ3v) is 6.25. The maximum Gasteiger partial charge on any atom is 0.253 e. The van der Waals surface area contributed by atoms with Gasteiger partial charge >= 0.3 is 0 Å². The lowest BCUT2D eigenvalue weighted by atomic mass is 10.0. The molecule has 3 aromatic rings. The van der Waals surface area contributed by atoms with Crippen LogP contribution in [0.4, 0.5) is 11.5 Å². The van der Waals surface area contributed by atoms with Crippen LogP contribution in [-0.4, -0.2) is 35.8 Å². The number of aryl methyl sites for hydroxylation is 2. The minimum absolute atomic E-state index is 0.0689. The van der Waals surface area contributed by atoms with Gasteiger partial charge in [0, 0.05) is 71.3 Å². The fraction of sp³-hybridized carbons (Fsp3) is 0.417. The first-order valence-electron chi connectivity index (χ1n) is 10.8. The Morgan fingerprint density at radius 3 is 2.71 bits per heavy atom. The van der Waals surface area contributed by atoms with Gasteiger partial charge < -0.3 is 19.9 Å². The van der Waals surface area contributed by atoms with E-state index in [1.807, 2.05) is 44.3 Å². The van der Waals surface area contributed by atoms with Crippen molar-refractivity contribution in [2.75, 3.05) is 30.0 Å². The number of nitrogens with one attached hydrogen (secondary N) is 2. The van der Waals surface area contributed by atoms with Crippen molar-refractivity contribution in [3.8, 4) is 0 Å². The highest BCUT2D eigenvalue weighted by atomic mass is 35.5. The number of hydrogen-bond acceptors (Lipinski definition) is 5.